The zero-order chi connectivity index (χ0) is 20.2. The van der Waals surface area contributed by atoms with Crippen LogP contribution in [-0.4, -0.2) is 16.3 Å². The van der Waals surface area contributed by atoms with E-state index in [9.17, 15) is 0 Å². The number of anilines is 1. The minimum absolute atomic E-state index is 0.328. The number of nitrogens with zero attached hydrogens (tertiary/aromatic N) is 2. The number of fused-ring (bicyclic) bond motifs is 1. The summed E-state index contributed by atoms with van der Waals surface area (Å²) in [4.78, 5) is 10.0. The molecule has 5 nitrogen and oxygen atoms in total. The van der Waals surface area contributed by atoms with Crippen molar-refractivity contribution < 1.29 is 4.74 Å². The van der Waals surface area contributed by atoms with Crippen molar-refractivity contribution in [1.29, 1.82) is 0 Å². The molecule has 0 fully saturated rings. The minimum atomic E-state index is -0.328. The molecule has 0 bridgehead atoms. The van der Waals surface area contributed by atoms with E-state index in [1.54, 1.807) is 24.4 Å². The van der Waals surface area contributed by atoms with E-state index in [-0.39, 0.29) is 10.7 Å². The van der Waals surface area contributed by atoms with Crippen LogP contribution in [0.4, 0.5) is 5.69 Å². The van der Waals surface area contributed by atoms with Crippen LogP contribution in [0.1, 0.15) is 12.6 Å². The van der Waals surface area contributed by atoms with Gasteiger partial charge in [0.25, 0.3) is 0 Å². The number of benzene rings is 2. The molecule has 1 aliphatic rings. The molecule has 1 aromatic heterocycles. The highest BCUT2D eigenvalue weighted by atomic mass is 35.5. The van der Waals surface area contributed by atoms with Crippen LogP contribution in [0.25, 0.3) is 0 Å². The number of halogens is 2. The standard InChI is InChI=1S/C21H18Cl2N4OS/c1-2-29-19-11-5-10-18(28-17-9-4-3-7-15(17)23)20(19)26-21(27-29)25-13-16-14(22)8-6-12-24-16/h2-12H,13H2,1H3,(H2,25,26,27). The van der Waals surface area contributed by atoms with Gasteiger partial charge in [-0.3, -0.25) is 4.98 Å². The van der Waals surface area contributed by atoms with Crippen LogP contribution >= 0.6 is 33.9 Å². The van der Waals surface area contributed by atoms with E-state index in [4.69, 9.17) is 27.9 Å². The SMILES string of the molecule is C/C=S1\NC(=NCc2ncccc2Cl)Nc2c(Oc3ccccc3Cl)cccc21. The van der Waals surface area contributed by atoms with Gasteiger partial charge in [-0.05, 0) is 48.7 Å². The molecule has 0 saturated carbocycles. The highest BCUT2D eigenvalue weighted by Gasteiger charge is 2.21. The monoisotopic (exact) mass is 444 g/mol. The van der Waals surface area contributed by atoms with Crippen LogP contribution in [0.15, 0.2) is 70.7 Å². The van der Waals surface area contributed by atoms with Crippen molar-refractivity contribution in [3.63, 3.8) is 0 Å². The molecule has 0 amide bonds. The number of pyridine rings is 1. The Kier molecular flexibility index (Phi) is 6.04. The fourth-order valence-electron chi connectivity index (χ4n) is 2.80. The Hall–Kier alpha value is -2.54. The number of guanidine groups is 1. The van der Waals surface area contributed by atoms with E-state index in [1.807, 2.05) is 37.3 Å². The lowest BCUT2D eigenvalue weighted by molar-refractivity contribution is 0.484. The van der Waals surface area contributed by atoms with Crippen molar-refractivity contribution in [2.75, 3.05) is 5.32 Å². The summed E-state index contributed by atoms with van der Waals surface area (Å²) < 4.78 is 9.52. The van der Waals surface area contributed by atoms with E-state index in [1.165, 1.54) is 0 Å². The van der Waals surface area contributed by atoms with Crippen LogP contribution in [-0.2, 0) is 6.54 Å². The highest BCUT2D eigenvalue weighted by Crippen LogP contribution is 2.42. The molecule has 0 saturated heterocycles. The third-order valence-corrected chi connectivity index (χ3v) is 6.54. The predicted molar refractivity (Wildman–Crippen MR) is 123 cm³/mol. The van der Waals surface area contributed by atoms with Gasteiger partial charge >= 0.3 is 0 Å². The maximum atomic E-state index is 6.27. The van der Waals surface area contributed by atoms with Crippen molar-refractivity contribution >= 4 is 50.9 Å². The normalized spacial score (nSPS) is 16.8. The van der Waals surface area contributed by atoms with Crippen LogP contribution in [0, 0.1) is 0 Å². The molecular formula is C21H18Cl2N4OS. The number of para-hydroxylation sites is 2. The molecule has 1 unspecified atom stereocenters. The molecule has 4 rings (SSSR count). The van der Waals surface area contributed by atoms with Gasteiger partial charge in [-0.1, -0.05) is 52.1 Å². The molecule has 29 heavy (non-hydrogen) atoms. The van der Waals surface area contributed by atoms with E-state index in [0.717, 1.165) is 16.3 Å². The number of ether oxygens (including phenoxy) is 1. The average molecular weight is 445 g/mol. The fraction of sp³-hybridized carbons (Fsp3) is 0.0952. The van der Waals surface area contributed by atoms with Gasteiger partial charge in [0, 0.05) is 11.1 Å². The van der Waals surface area contributed by atoms with E-state index < -0.39 is 0 Å². The van der Waals surface area contributed by atoms with E-state index in [0.29, 0.717) is 34.0 Å². The summed E-state index contributed by atoms with van der Waals surface area (Å²) in [7, 11) is -0.328. The van der Waals surface area contributed by atoms with E-state index >= 15 is 0 Å². The maximum Gasteiger partial charge on any atom is 0.206 e. The second-order valence-corrected chi connectivity index (χ2v) is 8.66. The van der Waals surface area contributed by atoms with Gasteiger partial charge in [-0.15, -0.1) is 0 Å². The predicted octanol–water partition coefficient (Wildman–Crippen LogP) is 6.12. The molecule has 1 aliphatic heterocycles. The van der Waals surface area contributed by atoms with Crippen molar-refractivity contribution in [2.24, 2.45) is 4.99 Å². The Balaban J connectivity index is 1.67. The van der Waals surface area contributed by atoms with Gasteiger partial charge in [0.2, 0.25) is 5.96 Å². The third-order valence-electron chi connectivity index (χ3n) is 4.19. The summed E-state index contributed by atoms with van der Waals surface area (Å²) in [5.41, 5.74) is 1.58. The summed E-state index contributed by atoms with van der Waals surface area (Å²) in [6.07, 6.45) is 1.71. The molecule has 3 aromatic rings. The Labute approximate surface area is 181 Å². The minimum Gasteiger partial charge on any atom is -0.454 e. The zero-order valence-electron chi connectivity index (χ0n) is 15.5. The number of nitrogens with one attached hydrogen (secondary N) is 2. The molecule has 0 aliphatic carbocycles. The van der Waals surface area contributed by atoms with Crippen LogP contribution in [0.5, 0.6) is 11.5 Å². The largest absolute Gasteiger partial charge is 0.454 e. The number of rotatable bonds is 4. The van der Waals surface area contributed by atoms with Gasteiger partial charge in [-0.2, -0.15) is 0 Å². The maximum absolute atomic E-state index is 6.27. The summed E-state index contributed by atoms with van der Waals surface area (Å²) in [6, 6.07) is 16.9. The molecule has 2 N–H and O–H groups in total. The smallest absolute Gasteiger partial charge is 0.206 e. The lowest BCUT2D eigenvalue weighted by Gasteiger charge is -2.26. The van der Waals surface area contributed by atoms with Crippen LogP contribution in [0.3, 0.4) is 0 Å². The Morgan fingerprint density at radius 1 is 1.03 bits per heavy atom. The quantitative estimate of drug-likeness (QED) is 0.476. The highest BCUT2D eigenvalue weighted by molar-refractivity contribution is 8.14. The molecule has 148 valence electrons. The second kappa shape index (κ2) is 8.86. The summed E-state index contributed by atoms with van der Waals surface area (Å²) in [5.74, 6) is 1.91. The molecule has 1 atom stereocenters. The number of hydrogen-bond donors (Lipinski definition) is 2. The Morgan fingerprint density at radius 3 is 2.62 bits per heavy atom. The van der Waals surface area contributed by atoms with Crippen LogP contribution in [0.2, 0.25) is 10.0 Å². The number of aliphatic imine (C=N–C) groups is 1. The Morgan fingerprint density at radius 2 is 1.83 bits per heavy atom. The molecule has 2 heterocycles. The molecule has 0 spiro atoms. The lowest BCUT2D eigenvalue weighted by atomic mass is 10.2. The van der Waals surface area contributed by atoms with Gasteiger partial charge in [0.15, 0.2) is 5.75 Å². The van der Waals surface area contributed by atoms with E-state index in [2.05, 4.69) is 31.4 Å². The molecule has 8 heteroatoms. The van der Waals surface area contributed by atoms with Crippen molar-refractivity contribution in [2.45, 2.75) is 18.4 Å². The van der Waals surface area contributed by atoms with Gasteiger partial charge < -0.3 is 14.8 Å². The second-order valence-electron chi connectivity index (χ2n) is 6.06. The zero-order valence-corrected chi connectivity index (χ0v) is 17.9. The first-order chi connectivity index (χ1) is 14.2. The van der Waals surface area contributed by atoms with Crippen LogP contribution < -0.4 is 14.8 Å². The first-order valence-electron chi connectivity index (χ1n) is 8.91. The van der Waals surface area contributed by atoms with Gasteiger partial charge in [0.05, 0.1) is 28.0 Å². The van der Waals surface area contributed by atoms with Crippen molar-refractivity contribution in [1.82, 2.24) is 9.71 Å². The molecule has 2 aromatic carbocycles. The first kappa shape index (κ1) is 19.8. The van der Waals surface area contributed by atoms with Crippen molar-refractivity contribution in [3.05, 3.63) is 76.5 Å². The molecular weight excluding hydrogens is 427 g/mol. The van der Waals surface area contributed by atoms with Crippen molar-refractivity contribution in [3.8, 4) is 11.5 Å². The summed E-state index contributed by atoms with van der Waals surface area (Å²) in [6.45, 7) is 2.37. The average Bonchev–Trinajstić information content (AvgIpc) is 2.74. The summed E-state index contributed by atoms with van der Waals surface area (Å²) >= 11 is 12.5. The molecule has 0 radical (unpaired) electrons. The van der Waals surface area contributed by atoms with Gasteiger partial charge in [0.1, 0.15) is 5.75 Å². The fourth-order valence-corrected chi connectivity index (χ4v) is 4.56. The Bertz CT molecular complexity index is 1120. The summed E-state index contributed by atoms with van der Waals surface area (Å²) in [5, 5.41) is 6.59. The lowest BCUT2D eigenvalue weighted by Crippen LogP contribution is -2.31. The number of hydrogen-bond acceptors (Lipinski definition) is 3. The number of aromatic nitrogens is 1. The first-order valence-corrected chi connectivity index (χ1v) is 11.0. The van der Waals surface area contributed by atoms with Gasteiger partial charge in [-0.25, -0.2) is 4.99 Å². The third kappa shape index (κ3) is 4.40. The topological polar surface area (TPSA) is 58.5 Å².